The van der Waals surface area contributed by atoms with Gasteiger partial charge in [-0.2, -0.15) is 0 Å². The molecule has 0 bridgehead atoms. The molecule has 25 heavy (non-hydrogen) atoms. The highest BCUT2D eigenvalue weighted by Gasteiger charge is 2.33. The molecule has 1 aromatic carbocycles. The smallest absolute Gasteiger partial charge is 0.227 e. The zero-order valence-corrected chi connectivity index (χ0v) is 14.8. The maximum Gasteiger partial charge on any atom is 0.227 e. The highest BCUT2D eigenvalue weighted by atomic mass is 19.1. The van der Waals surface area contributed by atoms with E-state index in [0.29, 0.717) is 11.6 Å². The van der Waals surface area contributed by atoms with Crippen LogP contribution >= 0.6 is 0 Å². The SMILES string of the molecule is CC1CCN(C(=O)C2CCC(C(=O)Nc3cccc(F)c3)CC2)CC1. The van der Waals surface area contributed by atoms with Gasteiger partial charge in [0.15, 0.2) is 0 Å². The van der Waals surface area contributed by atoms with Crippen molar-refractivity contribution in [3.63, 3.8) is 0 Å². The lowest BCUT2D eigenvalue weighted by molar-refractivity contribution is -0.139. The predicted octanol–water partition coefficient (Wildman–Crippen LogP) is 3.83. The predicted molar refractivity (Wildman–Crippen MR) is 95.5 cm³/mol. The Morgan fingerprint density at radius 3 is 2.32 bits per heavy atom. The average molecular weight is 346 g/mol. The fraction of sp³-hybridized carbons (Fsp3) is 0.600. The van der Waals surface area contributed by atoms with E-state index in [-0.39, 0.29) is 29.5 Å². The maximum atomic E-state index is 13.2. The minimum atomic E-state index is -0.358. The van der Waals surface area contributed by atoms with Crippen LogP contribution in [0.3, 0.4) is 0 Å². The number of hydrogen-bond donors (Lipinski definition) is 1. The van der Waals surface area contributed by atoms with Gasteiger partial charge in [0.1, 0.15) is 5.82 Å². The highest BCUT2D eigenvalue weighted by Crippen LogP contribution is 2.32. The summed E-state index contributed by atoms with van der Waals surface area (Å²) in [4.78, 5) is 27.0. The number of nitrogens with zero attached hydrogens (tertiary/aromatic N) is 1. The molecule has 0 atom stereocenters. The number of likely N-dealkylation sites (tertiary alicyclic amines) is 1. The Kier molecular flexibility index (Phi) is 5.71. The van der Waals surface area contributed by atoms with E-state index in [1.807, 2.05) is 4.90 Å². The first-order valence-corrected chi connectivity index (χ1v) is 9.38. The second-order valence-electron chi connectivity index (χ2n) is 7.56. The number of benzene rings is 1. The van der Waals surface area contributed by atoms with Crippen LogP contribution in [0.25, 0.3) is 0 Å². The number of amides is 2. The first kappa shape index (κ1) is 17.9. The van der Waals surface area contributed by atoms with Crippen molar-refractivity contribution in [2.24, 2.45) is 17.8 Å². The van der Waals surface area contributed by atoms with Crippen molar-refractivity contribution in [2.45, 2.75) is 45.4 Å². The molecule has 136 valence electrons. The second kappa shape index (κ2) is 7.98. The van der Waals surface area contributed by atoms with Gasteiger partial charge in [-0.25, -0.2) is 4.39 Å². The van der Waals surface area contributed by atoms with Crippen LogP contribution in [0.2, 0.25) is 0 Å². The number of hydrogen-bond acceptors (Lipinski definition) is 2. The van der Waals surface area contributed by atoms with Gasteiger partial charge in [-0.1, -0.05) is 13.0 Å². The van der Waals surface area contributed by atoms with Crippen LogP contribution in [0.15, 0.2) is 24.3 Å². The quantitative estimate of drug-likeness (QED) is 0.904. The number of carbonyl (C=O) groups is 2. The van der Waals surface area contributed by atoms with Crippen LogP contribution in [0.4, 0.5) is 10.1 Å². The molecule has 0 radical (unpaired) electrons. The molecule has 4 nitrogen and oxygen atoms in total. The summed E-state index contributed by atoms with van der Waals surface area (Å²) in [5, 5.41) is 2.79. The monoisotopic (exact) mass is 346 g/mol. The van der Waals surface area contributed by atoms with Gasteiger partial charge in [0.05, 0.1) is 0 Å². The standard InChI is InChI=1S/C20H27FN2O2/c1-14-9-11-23(12-10-14)20(25)16-7-5-15(6-8-16)19(24)22-18-4-2-3-17(21)13-18/h2-4,13-16H,5-12H2,1H3,(H,22,24). The first-order valence-electron chi connectivity index (χ1n) is 9.38. The Balaban J connectivity index is 1.48. The normalized spacial score (nSPS) is 24.8. The molecule has 1 aliphatic carbocycles. The molecule has 2 aliphatic rings. The summed E-state index contributed by atoms with van der Waals surface area (Å²) in [5.41, 5.74) is 0.491. The summed E-state index contributed by atoms with van der Waals surface area (Å²) in [7, 11) is 0. The van der Waals surface area contributed by atoms with Crippen molar-refractivity contribution >= 4 is 17.5 Å². The molecule has 1 saturated carbocycles. The molecule has 0 spiro atoms. The largest absolute Gasteiger partial charge is 0.342 e. The summed E-state index contributed by atoms with van der Waals surface area (Å²) in [6.07, 6.45) is 5.18. The summed E-state index contributed by atoms with van der Waals surface area (Å²) in [6, 6.07) is 5.95. The third kappa shape index (κ3) is 4.59. The number of rotatable bonds is 3. The zero-order chi connectivity index (χ0) is 17.8. The molecule has 1 aliphatic heterocycles. The van der Waals surface area contributed by atoms with E-state index in [9.17, 15) is 14.0 Å². The summed E-state index contributed by atoms with van der Waals surface area (Å²) in [5.74, 6) is 0.536. The van der Waals surface area contributed by atoms with E-state index < -0.39 is 0 Å². The van der Waals surface area contributed by atoms with E-state index in [1.54, 1.807) is 12.1 Å². The number of carbonyl (C=O) groups excluding carboxylic acids is 2. The number of nitrogens with one attached hydrogen (secondary N) is 1. The Morgan fingerprint density at radius 2 is 1.68 bits per heavy atom. The van der Waals surface area contributed by atoms with Crippen LogP contribution in [0.5, 0.6) is 0 Å². The van der Waals surface area contributed by atoms with E-state index in [1.165, 1.54) is 12.1 Å². The lowest BCUT2D eigenvalue weighted by atomic mass is 9.80. The van der Waals surface area contributed by atoms with E-state index in [4.69, 9.17) is 0 Å². The topological polar surface area (TPSA) is 49.4 Å². The van der Waals surface area contributed by atoms with Gasteiger partial charge in [0.2, 0.25) is 11.8 Å². The Bertz CT molecular complexity index is 618. The number of piperidine rings is 1. The fourth-order valence-corrected chi connectivity index (χ4v) is 3.90. The molecule has 3 rings (SSSR count). The minimum Gasteiger partial charge on any atom is -0.342 e. The van der Waals surface area contributed by atoms with Crippen LogP contribution in [-0.2, 0) is 9.59 Å². The van der Waals surface area contributed by atoms with Gasteiger partial charge in [0, 0.05) is 30.6 Å². The molecule has 1 heterocycles. The zero-order valence-electron chi connectivity index (χ0n) is 14.8. The van der Waals surface area contributed by atoms with Crippen LogP contribution in [0, 0.1) is 23.6 Å². The van der Waals surface area contributed by atoms with Crippen LogP contribution in [0.1, 0.15) is 45.4 Å². The Morgan fingerprint density at radius 1 is 1.04 bits per heavy atom. The van der Waals surface area contributed by atoms with Gasteiger partial charge >= 0.3 is 0 Å². The molecule has 2 fully saturated rings. The summed E-state index contributed by atoms with van der Waals surface area (Å²) in [6.45, 7) is 3.99. The molecular formula is C20H27FN2O2. The van der Waals surface area contributed by atoms with Crippen molar-refractivity contribution in [3.8, 4) is 0 Å². The van der Waals surface area contributed by atoms with Crippen LogP contribution < -0.4 is 5.32 Å². The summed E-state index contributed by atoms with van der Waals surface area (Å²) < 4.78 is 13.2. The van der Waals surface area contributed by atoms with E-state index >= 15 is 0 Å². The van der Waals surface area contributed by atoms with Gasteiger partial charge in [-0.3, -0.25) is 9.59 Å². The third-order valence-electron chi connectivity index (χ3n) is 5.63. The van der Waals surface area contributed by atoms with Crippen molar-refractivity contribution < 1.29 is 14.0 Å². The maximum absolute atomic E-state index is 13.2. The van der Waals surface area contributed by atoms with Crippen molar-refractivity contribution in [3.05, 3.63) is 30.1 Å². The van der Waals surface area contributed by atoms with Gasteiger partial charge < -0.3 is 10.2 Å². The van der Waals surface area contributed by atoms with Gasteiger partial charge in [-0.15, -0.1) is 0 Å². The lowest BCUT2D eigenvalue weighted by Crippen LogP contribution is -2.42. The van der Waals surface area contributed by atoms with Crippen molar-refractivity contribution in [1.29, 1.82) is 0 Å². The molecule has 1 aromatic rings. The first-order chi connectivity index (χ1) is 12.0. The molecule has 1 saturated heterocycles. The van der Waals surface area contributed by atoms with Gasteiger partial charge in [-0.05, 0) is 62.6 Å². The third-order valence-corrected chi connectivity index (χ3v) is 5.63. The number of halogens is 1. The fourth-order valence-electron chi connectivity index (χ4n) is 3.90. The second-order valence-corrected chi connectivity index (χ2v) is 7.56. The molecule has 2 amide bonds. The number of anilines is 1. The lowest BCUT2D eigenvalue weighted by Gasteiger charge is -2.35. The highest BCUT2D eigenvalue weighted by molar-refractivity contribution is 5.92. The molecule has 1 N–H and O–H groups in total. The van der Waals surface area contributed by atoms with Crippen molar-refractivity contribution in [1.82, 2.24) is 4.90 Å². The van der Waals surface area contributed by atoms with Gasteiger partial charge in [0.25, 0.3) is 0 Å². The van der Waals surface area contributed by atoms with E-state index in [2.05, 4.69) is 12.2 Å². The minimum absolute atomic E-state index is 0.0617. The van der Waals surface area contributed by atoms with E-state index in [0.717, 1.165) is 51.6 Å². The van der Waals surface area contributed by atoms with Crippen LogP contribution in [-0.4, -0.2) is 29.8 Å². The molecule has 5 heteroatoms. The molecular weight excluding hydrogens is 319 g/mol. The molecule has 0 aromatic heterocycles. The average Bonchev–Trinajstić information content (AvgIpc) is 2.62. The Labute approximate surface area is 148 Å². The van der Waals surface area contributed by atoms with Crippen molar-refractivity contribution in [2.75, 3.05) is 18.4 Å². The summed E-state index contributed by atoms with van der Waals surface area (Å²) >= 11 is 0. The molecule has 0 unspecified atom stereocenters. The Hall–Kier alpha value is -1.91.